The van der Waals surface area contributed by atoms with E-state index in [1.54, 1.807) is 35.6 Å². The molecule has 0 bridgehead atoms. The third-order valence-corrected chi connectivity index (χ3v) is 8.00. The summed E-state index contributed by atoms with van der Waals surface area (Å²) in [4.78, 5) is 14.0. The van der Waals surface area contributed by atoms with Crippen LogP contribution in [0.5, 0.6) is 0 Å². The van der Waals surface area contributed by atoms with E-state index in [4.69, 9.17) is 0 Å². The number of benzene rings is 1. The highest BCUT2D eigenvalue weighted by Crippen LogP contribution is 2.31. The largest absolute Gasteiger partial charge is 0.344 e. The lowest BCUT2D eigenvalue weighted by Crippen LogP contribution is -2.32. The fourth-order valence-electron chi connectivity index (χ4n) is 3.58. The Morgan fingerprint density at radius 1 is 1.19 bits per heavy atom. The molecule has 1 aromatic carbocycles. The number of nitrogens with zero attached hydrogens (tertiary/aromatic N) is 1. The Hall–Kier alpha value is -1.86. The minimum absolute atomic E-state index is 0.00821. The smallest absolute Gasteiger partial charge is 0.251 e. The van der Waals surface area contributed by atoms with Crippen LogP contribution in [0.4, 0.5) is 5.69 Å². The van der Waals surface area contributed by atoms with Crippen molar-refractivity contribution in [3.05, 3.63) is 52.2 Å². The number of anilines is 1. The van der Waals surface area contributed by atoms with Crippen molar-refractivity contribution in [2.45, 2.75) is 39.2 Å². The molecule has 0 radical (unpaired) electrons. The number of thiophene rings is 1. The van der Waals surface area contributed by atoms with Crippen molar-refractivity contribution < 1.29 is 13.2 Å². The van der Waals surface area contributed by atoms with Gasteiger partial charge in [0, 0.05) is 17.0 Å². The van der Waals surface area contributed by atoms with E-state index in [1.807, 2.05) is 11.4 Å². The molecule has 1 fully saturated rings. The SMILES string of the molecule is CCC(CC)C(NC(=O)c1ccc(N2CCCS2(=O)=O)cc1)c1cccs1. The van der Waals surface area contributed by atoms with Crippen LogP contribution in [0.15, 0.2) is 41.8 Å². The Labute approximate surface area is 165 Å². The summed E-state index contributed by atoms with van der Waals surface area (Å²) >= 11 is 1.66. The molecule has 3 rings (SSSR count). The lowest BCUT2D eigenvalue weighted by Gasteiger charge is -2.25. The normalized spacial score (nSPS) is 17.2. The molecule has 7 heteroatoms. The van der Waals surface area contributed by atoms with Crippen LogP contribution in [0.25, 0.3) is 0 Å². The number of carbonyl (C=O) groups excluding carboxylic acids is 1. The highest BCUT2D eigenvalue weighted by molar-refractivity contribution is 7.93. The zero-order chi connectivity index (χ0) is 19.4. The summed E-state index contributed by atoms with van der Waals surface area (Å²) in [5, 5.41) is 5.21. The molecule has 1 aromatic heterocycles. The number of rotatable bonds is 7. The highest BCUT2D eigenvalue weighted by atomic mass is 32.2. The van der Waals surface area contributed by atoms with Crippen LogP contribution in [0.3, 0.4) is 0 Å². The molecule has 0 aliphatic carbocycles. The molecule has 27 heavy (non-hydrogen) atoms. The van der Waals surface area contributed by atoms with Gasteiger partial charge in [-0.1, -0.05) is 32.8 Å². The van der Waals surface area contributed by atoms with Crippen molar-refractivity contribution in [3.63, 3.8) is 0 Å². The lowest BCUT2D eigenvalue weighted by atomic mass is 9.92. The van der Waals surface area contributed by atoms with E-state index in [1.165, 1.54) is 4.31 Å². The Balaban J connectivity index is 1.76. The Morgan fingerprint density at radius 2 is 1.89 bits per heavy atom. The van der Waals surface area contributed by atoms with Crippen molar-refractivity contribution in [1.82, 2.24) is 5.32 Å². The van der Waals surface area contributed by atoms with Crippen LogP contribution in [0, 0.1) is 5.92 Å². The van der Waals surface area contributed by atoms with E-state index in [0.29, 0.717) is 30.1 Å². The number of nitrogens with one attached hydrogen (secondary N) is 1. The molecule has 1 saturated heterocycles. The van der Waals surface area contributed by atoms with Gasteiger partial charge in [0.25, 0.3) is 5.91 Å². The summed E-state index contributed by atoms with van der Waals surface area (Å²) in [7, 11) is -3.21. The summed E-state index contributed by atoms with van der Waals surface area (Å²) in [6.45, 7) is 4.79. The molecule has 0 spiro atoms. The van der Waals surface area contributed by atoms with E-state index in [-0.39, 0.29) is 17.7 Å². The molecule has 1 N–H and O–H groups in total. The fraction of sp³-hybridized carbons (Fsp3) is 0.450. The number of amides is 1. The highest BCUT2D eigenvalue weighted by Gasteiger charge is 2.28. The molecular formula is C20H26N2O3S2. The van der Waals surface area contributed by atoms with Crippen LogP contribution >= 0.6 is 11.3 Å². The molecule has 1 amide bonds. The van der Waals surface area contributed by atoms with Crippen LogP contribution in [0.2, 0.25) is 0 Å². The Kier molecular flexibility index (Phi) is 6.22. The second-order valence-corrected chi connectivity index (χ2v) is 9.82. The maximum absolute atomic E-state index is 12.8. The van der Waals surface area contributed by atoms with Gasteiger partial charge < -0.3 is 5.32 Å². The second kappa shape index (κ2) is 8.44. The third-order valence-electron chi connectivity index (χ3n) is 5.17. The van der Waals surface area contributed by atoms with Crippen molar-refractivity contribution in [2.75, 3.05) is 16.6 Å². The van der Waals surface area contributed by atoms with Gasteiger partial charge in [0.2, 0.25) is 10.0 Å². The molecule has 5 nitrogen and oxygen atoms in total. The topological polar surface area (TPSA) is 66.5 Å². The summed E-state index contributed by atoms with van der Waals surface area (Å²) in [5.41, 5.74) is 1.17. The molecule has 1 atom stereocenters. The van der Waals surface area contributed by atoms with Gasteiger partial charge in [0.1, 0.15) is 0 Å². The predicted molar refractivity (Wildman–Crippen MR) is 111 cm³/mol. The van der Waals surface area contributed by atoms with Crippen LogP contribution < -0.4 is 9.62 Å². The average Bonchev–Trinajstić information content (AvgIpc) is 3.31. The van der Waals surface area contributed by atoms with E-state index in [2.05, 4.69) is 25.2 Å². The van der Waals surface area contributed by atoms with Gasteiger partial charge in [-0.2, -0.15) is 0 Å². The van der Waals surface area contributed by atoms with Crippen LogP contribution in [-0.4, -0.2) is 26.6 Å². The molecule has 2 heterocycles. The van der Waals surface area contributed by atoms with Crippen molar-refractivity contribution >= 4 is 33.0 Å². The van der Waals surface area contributed by atoms with E-state index < -0.39 is 10.0 Å². The fourth-order valence-corrected chi connectivity index (χ4v) is 6.02. The molecular weight excluding hydrogens is 380 g/mol. The third kappa shape index (κ3) is 4.35. The summed E-state index contributed by atoms with van der Waals surface area (Å²) < 4.78 is 25.5. The summed E-state index contributed by atoms with van der Waals surface area (Å²) in [5.74, 6) is 0.436. The van der Waals surface area contributed by atoms with Gasteiger partial charge in [0.05, 0.1) is 17.5 Å². The monoisotopic (exact) mass is 406 g/mol. The standard InChI is InChI=1S/C20H26N2O3S2/c1-3-15(4-2)19(18-7-5-13-26-18)21-20(23)16-8-10-17(11-9-16)22-12-6-14-27(22,24)25/h5,7-11,13,15,19H,3-4,6,12,14H2,1-2H3,(H,21,23). The Bertz CT molecular complexity index is 857. The van der Waals surface area contributed by atoms with Crippen molar-refractivity contribution in [2.24, 2.45) is 5.92 Å². The minimum Gasteiger partial charge on any atom is -0.344 e. The van der Waals surface area contributed by atoms with Gasteiger partial charge >= 0.3 is 0 Å². The van der Waals surface area contributed by atoms with Crippen molar-refractivity contribution in [3.8, 4) is 0 Å². The average molecular weight is 407 g/mol. The molecule has 2 aromatic rings. The van der Waals surface area contributed by atoms with Gasteiger partial charge in [-0.25, -0.2) is 8.42 Å². The maximum atomic E-state index is 12.8. The second-order valence-electron chi connectivity index (χ2n) is 6.83. The van der Waals surface area contributed by atoms with Crippen LogP contribution in [0.1, 0.15) is 54.4 Å². The van der Waals surface area contributed by atoms with Crippen molar-refractivity contribution in [1.29, 1.82) is 0 Å². The number of sulfonamides is 1. The van der Waals surface area contributed by atoms with Gasteiger partial charge in [-0.3, -0.25) is 9.10 Å². The first-order chi connectivity index (χ1) is 13.0. The lowest BCUT2D eigenvalue weighted by molar-refractivity contribution is 0.0920. The summed E-state index contributed by atoms with van der Waals surface area (Å²) in [6, 6.07) is 10.9. The molecule has 0 saturated carbocycles. The first-order valence-electron chi connectivity index (χ1n) is 9.41. The molecule has 1 unspecified atom stereocenters. The quantitative estimate of drug-likeness (QED) is 0.749. The van der Waals surface area contributed by atoms with Gasteiger partial charge in [0.15, 0.2) is 0 Å². The first kappa shape index (κ1) is 19.9. The van der Waals surface area contributed by atoms with Gasteiger partial charge in [-0.15, -0.1) is 11.3 Å². The molecule has 1 aliphatic heterocycles. The Morgan fingerprint density at radius 3 is 2.41 bits per heavy atom. The van der Waals surface area contributed by atoms with Gasteiger partial charge in [-0.05, 0) is 48.1 Å². The molecule has 146 valence electrons. The zero-order valence-electron chi connectivity index (χ0n) is 15.7. The van der Waals surface area contributed by atoms with Crippen LogP contribution in [-0.2, 0) is 10.0 Å². The molecule has 1 aliphatic rings. The minimum atomic E-state index is -3.21. The number of hydrogen-bond acceptors (Lipinski definition) is 4. The summed E-state index contributed by atoms with van der Waals surface area (Å²) in [6.07, 6.45) is 2.62. The predicted octanol–water partition coefficient (Wildman–Crippen LogP) is 4.20. The number of hydrogen-bond donors (Lipinski definition) is 1. The maximum Gasteiger partial charge on any atom is 0.251 e. The first-order valence-corrected chi connectivity index (χ1v) is 11.9. The van der Waals surface area contributed by atoms with E-state index in [0.717, 1.165) is 17.7 Å². The number of carbonyl (C=O) groups is 1. The zero-order valence-corrected chi connectivity index (χ0v) is 17.4. The van der Waals surface area contributed by atoms with E-state index in [9.17, 15) is 13.2 Å². The van der Waals surface area contributed by atoms with E-state index >= 15 is 0 Å².